The number of nitro groups is 1. The zero-order valence-corrected chi connectivity index (χ0v) is 9.95. The highest BCUT2D eigenvalue weighted by molar-refractivity contribution is 5.92. The number of aromatic carboxylic acids is 1. The molecule has 7 nitrogen and oxygen atoms in total. The monoisotopic (exact) mass is 255 g/mol. The summed E-state index contributed by atoms with van der Waals surface area (Å²) < 4.78 is 10.2. The van der Waals surface area contributed by atoms with Gasteiger partial charge in [-0.2, -0.15) is 0 Å². The number of nitro benzene ring substituents is 1. The molecule has 1 aromatic rings. The van der Waals surface area contributed by atoms with Gasteiger partial charge in [0.2, 0.25) is 0 Å². The predicted molar refractivity (Wildman–Crippen MR) is 62.0 cm³/mol. The molecule has 18 heavy (non-hydrogen) atoms. The van der Waals surface area contributed by atoms with Crippen LogP contribution in [0.15, 0.2) is 18.2 Å². The Balaban J connectivity index is 3.00. The lowest BCUT2D eigenvalue weighted by molar-refractivity contribution is -0.385. The van der Waals surface area contributed by atoms with E-state index >= 15 is 0 Å². The molecule has 0 saturated carbocycles. The van der Waals surface area contributed by atoms with E-state index in [4.69, 9.17) is 14.6 Å². The van der Waals surface area contributed by atoms with Crippen molar-refractivity contribution in [1.29, 1.82) is 0 Å². The second-order valence-electron chi connectivity index (χ2n) is 3.63. The quantitative estimate of drug-likeness (QED) is 0.613. The normalized spacial score (nSPS) is 11.9. The summed E-state index contributed by atoms with van der Waals surface area (Å²) in [6.45, 7) is 2.07. The highest BCUT2D eigenvalue weighted by atomic mass is 16.6. The van der Waals surface area contributed by atoms with Gasteiger partial charge in [0.05, 0.1) is 11.5 Å². The smallest absolute Gasteiger partial charge is 0.342 e. The molecule has 0 spiro atoms. The van der Waals surface area contributed by atoms with Crippen LogP contribution in [-0.2, 0) is 4.74 Å². The van der Waals surface area contributed by atoms with Crippen molar-refractivity contribution >= 4 is 11.7 Å². The minimum atomic E-state index is -1.37. The van der Waals surface area contributed by atoms with Crippen LogP contribution in [-0.4, -0.2) is 35.8 Å². The van der Waals surface area contributed by atoms with Gasteiger partial charge in [-0.1, -0.05) is 0 Å². The average Bonchev–Trinajstić information content (AvgIpc) is 2.28. The first-order valence-corrected chi connectivity index (χ1v) is 5.13. The van der Waals surface area contributed by atoms with Gasteiger partial charge in [-0.15, -0.1) is 0 Å². The number of carbonyl (C=O) groups is 1. The molecule has 1 unspecified atom stereocenters. The fourth-order valence-corrected chi connectivity index (χ4v) is 1.42. The summed E-state index contributed by atoms with van der Waals surface area (Å²) in [7, 11) is 1.51. The van der Waals surface area contributed by atoms with Crippen LogP contribution < -0.4 is 4.74 Å². The van der Waals surface area contributed by atoms with E-state index in [2.05, 4.69) is 0 Å². The highest BCUT2D eigenvalue weighted by Crippen LogP contribution is 2.24. The Hall–Kier alpha value is -2.15. The molecule has 0 saturated heterocycles. The van der Waals surface area contributed by atoms with Crippen molar-refractivity contribution in [2.24, 2.45) is 0 Å². The molecule has 0 aliphatic carbocycles. The lowest BCUT2D eigenvalue weighted by Gasteiger charge is -2.13. The number of nitrogens with zero attached hydrogens (tertiary/aromatic N) is 1. The third-order valence-electron chi connectivity index (χ3n) is 2.13. The maximum Gasteiger partial charge on any atom is 0.342 e. The van der Waals surface area contributed by atoms with Crippen LogP contribution in [0.2, 0.25) is 0 Å². The Kier molecular flexibility index (Phi) is 4.61. The second kappa shape index (κ2) is 5.97. The van der Waals surface area contributed by atoms with Gasteiger partial charge in [0.25, 0.3) is 5.69 Å². The Morgan fingerprint density at radius 2 is 2.22 bits per heavy atom. The molecule has 7 heteroatoms. The van der Waals surface area contributed by atoms with Gasteiger partial charge in [-0.25, -0.2) is 4.79 Å². The molecule has 0 aliphatic heterocycles. The summed E-state index contributed by atoms with van der Waals surface area (Å²) in [5.41, 5.74) is -0.864. The molecular weight excluding hydrogens is 242 g/mol. The Labute approximate surface area is 103 Å². The van der Waals surface area contributed by atoms with E-state index in [0.717, 1.165) is 12.1 Å². The summed E-state index contributed by atoms with van der Waals surface area (Å²) >= 11 is 0. The third-order valence-corrected chi connectivity index (χ3v) is 2.13. The van der Waals surface area contributed by atoms with E-state index in [9.17, 15) is 14.9 Å². The number of hydrogen-bond acceptors (Lipinski definition) is 5. The van der Waals surface area contributed by atoms with E-state index in [1.807, 2.05) is 0 Å². The minimum Gasteiger partial charge on any atom is -0.488 e. The van der Waals surface area contributed by atoms with Crippen LogP contribution in [0, 0.1) is 10.1 Å². The zero-order chi connectivity index (χ0) is 13.7. The van der Waals surface area contributed by atoms with Crippen molar-refractivity contribution < 1.29 is 24.3 Å². The molecular formula is C11H13NO6. The number of methoxy groups -OCH3 is 1. The van der Waals surface area contributed by atoms with Gasteiger partial charge >= 0.3 is 5.97 Å². The molecule has 0 radical (unpaired) electrons. The zero-order valence-electron chi connectivity index (χ0n) is 9.95. The summed E-state index contributed by atoms with van der Waals surface area (Å²) in [6, 6.07) is 3.60. The maximum absolute atomic E-state index is 10.9. The van der Waals surface area contributed by atoms with E-state index in [-0.39, 0.29) is 11.9 Å². The number of ether oxygens (including phenoxy) is 2. The molecule has 0 bridgehead atoms. The van der Waals surface area contributed by atoms with Crippen molar-refractivity contribution in [3.63, 3.8) is 0 Å². The SMILES string of the molecule is COCC(C)Oc1ccc([N+](=O)[O-])c(C(=O)O)c1. The molecule has 1 N–H and O–H groups in total. The highest BCUT2D eigenvalue weighted by Gasteiger charge is 2.20. The van der Waals surface area contributed by atoms with Gasteiger partial charge < -0.3 is 14.6 Å². The topological polar surface area (TPSA) is 98.9 Å². The lowest BCUT2D eigenvalue weighted by Crippen LogP contribution is -2.18. The van der Waals surface area contributed by atoms with E-state index in [1.54, 1.807) is 6.92 Å². The van der Waals surface area contributed by atoms with Crippen LogP contribution in [0.1, 0.15) is 17.3 Å². The number of hydrogen-bond donors (Lipinski definition) is 1. The fraction of sp³-hybridized carbons (Fsp3) is 0.364. The molecule has 1 rings (SSSR count). The van der Waals surface area contributed by atoms with Crippen molar-refractivity contribution in [2.45, 2.75) is 13.0 Å². The van der Waals surface area contributed by atoms with Gasteiger partial charge in [0.15, 0.2) is 0 Å². The molecule has 0 heterocycles. The van der Waals surface area contributed by atoms with Gasteiger partial charge in [-0.3, -0.25) is 10.1 Å². The van der Waals surface area contributed by atoms with Crippen molar-refractivity contribution in [3.8, 4) is 5.75 Å². The van der Waals surface area contributed by atoms with Crippen LogP contribution in [0.4, 0.5) is 5.69 Å². The Morgan fingerprint density at radius 1 is 1.56 bits per heavy atom. The minimum absolute atomic E-state index is 0.252. The van der Waals surface area contributed by atoms with Crippen molar-refractivity contribution in [2.75, 3.05) is 13.7 Å². The Morgan fingerprint density at radius 3 is 2.72 bits per heavy atom. The molecule has 1 aromatic carbocycles. The van der Waals surface area contributed by atoms with E-state index in [0.29, 0.717) is 6.61 Å². The van der Waals surface area contributed by atoms with Gasteiger partial charge in [0.1, 0.15) is 17.4 Å². The lowest BCUT2D eigenvalue weighted by atomic mass is 10.1. The van der Waals surface area contributed by atoms with Crippen molar-refractivity contribution in [1.82, 2.24) is 0 Å². The maximum atomic E-state index is 10.9. The first-order chi connectivity index (χ1) is 8.45. The van der Waals surface area contributed by atoms with Crippen LogP contribution in [0.5, 0.6) is 5.75 Å². The molecule has 0 aliphatic rings. The van der Waals surface area contributed by atoms with Gasteiger partial charge in [-0.05, 0) is 13.0 Å². The standard InChI is InChI=1S/C11H13NO6/c1-7(6-17-2)18-8-3-4-10(12(15)16)9(5-8)11(13)14/h3-5,7H,6H2,1-2H3,(H,13,14). The number of benzene rings is 1. The largest absolute Gasteiger partial charge is 0.488 e. The summed E-state index contributed by atoms with van der Waals surface area (Å²) in [5.74, 6) is -1.12. The first kappa shape index (κ1) is 13.9. The Bertz CT molecular complexity index is 459. The van der Waals surface area contributed by atoms with Crippen LogP contribution in [0.3, 0.4) is 0 Å². The fourth-order valence-electron chi connectivity index (χ4n) is 1.42. The second-order valence-corrected chi connectivity index (χ2v) is 3.63. The molecule has 0 amide bonds. The third kappa shape index (κ3) is 3.42. The molecule has 98 valence electrons. The predicted octanol–water partition coefficient (Wildman–Crippen LogP) is 1.71. The van der Waals surface area contributed by atoms with Crippen molar-refractivity contribution in [3.05, 3.63) is 33.9 Å². The molecule has 0 aromatic heterocycles. The molecule has 1 atom stereocenters. The summed E-state index contributed by atoms with van der Waals surface area (Å²) in [6.07, 6.45) is -0.280. The van der Waals surface area contributed by atoms with E-state index < -0.39 is 22.1 Å². The molecule has 0 fully saturated rings. The summed E-state index contributed by atoms with van der Waals surface area (Å²) in [4.78, 5) is 20.8. The van der Waals surface area contributed by atoms with E-state index in [1.165, 1.54) is 13.2 Å². The number of carboxylic acids is 1. The van der Waals surface area contributed by atoms with Crippen LogP contribution in [0.25, 0.3) is 0 Å². The number of rotatable bonds is 6. The first-order valence-electron chi connectivity index (χ1n) is 5.13. The number of carboxylic acid groups (broad SMARTS) is 1. The summed E-state index contributed by atoms with van der Waals surface area (Å²) in [5, 5.41) is 19.5. The van der Waals surface area contributed by atoms with Crippen LogP contribution >= 0.6 is 0 Å². The van der Waals surface area contributed by atoms with Gasteiger partial charge in [0, 0.05) is 19.2 Å². The average molecular weight is 255 g/mol.